The molecule has 3 N–H and O–H groups in total. The summed E-state index contributed by atoms with van der Waals surface area (Å²) >= 11 is 0. The smallest absolute Gasteiger partial charge is 0.416 e. The molecule has 2 saturated heterocycles. The van der Waals surface area contributed by atoms with Crippen molar-refractivity contribution in [1.29, 1.82) is 0 Å². The molecular formula is C24H26F3N3O5. The van der Waals surface area contributed by atoms with Crippen molar-refractivity contribution in [3.8, 4) is 0 Å². The van der Waals surface area contributed by atoms with Crippen molar-refractivity contribution in [2.24, 2.45) is 0 Å². The molecule has 2 aliphatic rings. The van der Waals surface area contributed by atoms with Gasteiger partial charge in [-0.1, -0.05) is 32.0 Å². The Morgan fingerprint density at radius 2 is 1.69 bits per heavy atom. The van der Waals surface area contributed by atoms with Crippen molar-refractivity contribution < 1.29 is 37.0 Å². The topological polar surface area (TPSA) is 97.9 Å². The van der Waals surface area contributed by atoms with Crippen LogP contribution in [0.15, 0.2) is 48.5 Å². The number of carbonyl (C=O) groups is 2. The van der Waals surface area contributed by atoms with Crippen LogP contribution in [0.1, 0.15) is 30.9 Å². The lowest BCUT2D eigenvalue weighted by Gasteiger charge is -2.18. The summed E-state index contributed by atoms with van der Waals surface area (Å²) in [6.07, 6.45) is -6.99. The summed E-state index contributed by atoms with van der Waals surface area (Å²) in [5, 5.41) is 7.70. The van der Waals surface area contributed by atoms with Crippen molar-refractivity contribution >= 4 is 23.5 Å². The molecule has 0 radical (unpaired) electrons. The highest BCUT2D eigenvalue weighted by Gasteiger charge is 2.50. The number of rotatable bonds is 5. The fourth-order valence-corrected chi connectivity index (χ4v) is 4.03. The van der Waals surface area contributed by atoms with E-state index in [0.29, 0.717) is 11.6 Å². The minimum atomic E-state index is -4.52. The molecule has 2 aliphatic heterocycles. The van der Waals surface area contributed by atoms with Crippen LogP contribution in [0, 0.1) is 0 Å². The molecule has 188 valence electrons. The number of hydrogen-bond acceptors (Lipinski definition) is 5. The van der Waals surface area contributed by atoms with Gasteiger partial charge in [0.25, 0.3) is 0 Å². The van der Waals surface area contributed by atoms with Crippen LogP contribution in [-0.4, -0.2) is 49.7 Å². The Labute approximate surface area is 200 Å². The van der Waals surface area contributed by atoms with Crippen molar-refractivity contribution in [3.63, 3.8) is 0 Å². The van der Waals surface area contributed by atoms with E-state index >= 15 is 0 Å². The molecule has 2 heterocycles. The summed E-state index contributed by atoms with van der Waals surface area (Å²) in [5.41, 5.74) is 0.867. The minimum absolute atomic E-state index is 0.000520. The zero-order valence-electron chi connectivity index (χ0n) is 19.1. The minimum Gasteiger partial charge on any atom is -0.441 e. The standard InChI is InChI=1S/C24H26F3N3O5/c1-13(2)14-6-8-16(9-7-14)29-23(32)35-19-12-34-20-18(11-33-21(19)20)30-22(31)28-17-5-3-4-15(10-17)24(25,26)27/h3-10,13,18-21H,11-12H2,1-2H3,(H,29,32)(H2,28,30,31)/t18-,19-,20-,21+/m0/s1. The van der Waals surface area contributed by atoms with Gasteiger partial charge in [0, 0.05) is 11.4 Å². The number of amides is 3. The lowest BCUT2D eigenvalue weighted by molar-refractivity contribution is -0.137. The number of hydrogen-bond donors (Lipinski definition) is 3. The first kappa shape index (κ1) is 24.8. The molecule has 4 rings (SSSR count). The first-order valence-electron chi connectivity index (χ1n) is 11.2. The Morgan fingerprint density at radius 1 is 0.971 bits per heavy atom. The van der Waals surface area contributed by atoms with Gasteiger partial charge in [0.2, 0.25) is 0 Å². The molecule has 2 fully saturated rings. The second-order valence-corrected chi connectivity index (χ2v) is 8.72. The van der Waals surface area contributed by atoms with Gasteiger partial charge < -0.3 is 24.8 Å². The van der Waals surface area contributed by atoms with E-state index in [1.54, 1.807) is 12.1 Å². The number of nitrogens with one attached hydrogen (secondary N) is 3. The summed E-state index contributed by atoms with van der Waals surface area (Å²) in [4.78, 5) is 24.7. The highest BCUT2D eigenvalue weighted by atomic mass is 19.4. The Morgan fingerprint density at radius 3 is 2.37 bits per heavy atom. The van der Waals surface area contributed by atoms with Crippen LogP contribution in [0.5, 0.6) is 0 Å². The van der Waals surface area contributed by atoms with Gasteiger partial charge in [-0.3, -0.25) is 5.32 Å². The van der Waals surface area contributed by atoms with Crippen LogP contribution in [0.4, 0.5) is 34.1 Å². The molecule has 8 nitrogen and oxygen atoms in total. The van der Waals surface area contributed by atoms with Crippen LogP contribution in [0.3, 0.4) is 0 Å². The van der Waals surface area contributed by atoms with Crippen molar-refractivity contribution in [3.05, 3.63) is 59.7 Å². The first-order chi connectivity index (χ1) is 16.6. The Balaban J connectivity index is 1.27. The quantitative estimate of drug-likeness (QED) is 0.559. The molecule has 3 amide bonds. The number of ether oxygens (including phenoxy) is 3. The van der Waals surface area contributed by atoms with Crippen LogP contribution >= 0.6 is 0 Å². The molecule has 2 aromatic carbocycles. The van der Waals surface area contributed by atoms with Crippen molar-refractivity contribution in [2.75, 3.05) is 23.8 Å². The molecule has 4 atom stereocenters. The predicted molar refractivity (Wildman–Crippen MR) is 121 cm³/mol. The number of urea groups is 1. The maximum Gasteiger partial charge on any atom is 0.416 e. The van der Waals surface area contributed by atoms with E-state index in [9.17, 15) is 22.8 Å². The van der Waals surface area contributed by atoms with Crippen LogP contribution in [0.25, 0.3) is 0 Å². The molecule has 0 unspecified atom stereocenters. The fourth-order valence-electron chi connectivity index (χ4n) is 4.03. The monoisotopic (exact) mass is 493 g/mol. The van der Waals surface area contributed by atoms with Gasteiger partial charge in [0.1, 0.15) is 12.2 Å². The lowest BCUT2D eigenvalue weighted by Crippen LogP contribution is -2.46. The number of anilines is 2. The van der Waals surface area contributed by atoms with Gasteiger partial charge in [0.05, 0.1) is 24.8 Å². The van der Waals surface area contributed by atoms with Gasteiger partial charge in [-0.05, 0) is 41.8 Å². The number of alkyl halides is 3. The highest BCUT2D eigenvalue weighted by molar-refractivity contribution is 5.89. The third kappa shape index (κ3) is 6.04. The van der Waals surface area contributed by atoms with E-state index in [1.165, 1.54) is 12.1 Å². The molecular weight excluding hydrogens is 467 g/mol. The third-order valence-electron chi connectivity index (χ3n) is 5.85. The average molecular weight is 493 g/mol. The molecule has 0 aliphatic carbocycles. The van der Waals surface area contributed by atoms with E-state index in [2.05, 4.69) is 29.8 Å². The maximum atomic E-state index is 12.9. The lowest BCUT2D eigenvalue weighted by atomic mass is 10.0. The Kier molecular flexibility index (Phi) is 7.18. The fraction of sp³-hybridized carbons (Fsp3) is 0.417. The number of fused-ring (bicyclic) bond motifs is 1. The van der Waals surface area contributed by atoms with Crippen LogP contribution in [0.2, 0.25) is 0 Å². The summed E-state index contributed by atoms with van der Waals surface area (Å²) in [6, 6.07) is 10.5. The molecule has 0 saturated carbocycles. The van der Waals surface area contributed by atoms with Gasteiger partial charge in [-0.2, -0.15) is 13.2 Å². The predicted octanol–water partition coefficient (Wildman–Crippen LogP) is 4.73. The van der Waals surface area contributed by atoms with Gasteiger partial charge in [-0.15, -0.1) is 0 Å². The van der Waals surface area contributed by atoms with E-state index in [0.717, 1.165) is 17.7 Å². The second-order valence-electron chi connectivity index (χ2n) is 8.72. The molecule has 2 aromatic rings. The highest BCUT2D eigenvalue weighted by Crippen LogP contribution is 2.31. The molecule has 0 bridgehead atoms. The van der Waals surface area contributed by atoms with Crippen molar-refractivity contribution in [2.45, 2.75) is 50.3 Å². The second kappa shape index (κ2) is 10.1. The summed E-state index contributed by atoms with van der Waals surface area (Å²) in [5.74, 6) is 0.372. The molecule has 35 heavy (non-hydrogen) atoms. The van der Waals surface area contributed by atoms with Gasteiger partial charge in [-0.25, -0.2) is 9.59 Å². The molecule has 0 spiro atoms. The Hall–Kier alpha value is -3.31. The van der Waals surface area contributed by atoms with Gasteiger partial charge >= 0.3 is 18.3 Å². The number of halogens is 3. The van der Waals surface area contributed by atoms with Crippen LogP contribution in [-0.2, 0) is 20.4 Å². The van der Waals surface area contributed by atoms with E-state index < -0.39 is 48.2 Å². The van der Waals surface area contributed by atoms with Crippen molar-refractivity contribution in [1.82, 2.24) is 5.32 Å². The maximum absolute atomic E-state index is 12.9. The first-order valence-corrected chi connectivity index (χ1v) is 11.2. The normalized spacial score (nSPS) is 23.6. The zero-order chi connectivity index (χ0) is 25.2. The summed E-state index contributed by atoms with van der Waals surface area (Å²) < 4.78 is 55.5. The third-order valence-corrected chi connectivity index (χ3v) is 5.85. The Bertz CT molecular complexity index is 1060. The van der Waals surface area contributed by atoms with E-state index in [-0.39, 0.29) is 18.9 Å². The summed E-state index contributed by atoms with van der Waals surface area (Å²) in [7, 11) is 0. The van der Waals surface area contributed by atoms with Gasteiger partial charge in [0.15, 0.2) is 6.10 Å². The number of benzene rings is 2. The summed E-state index contributed by atoms with van der Waals surface area (Å²) in [6.45, 7) is 4.34. The van der Waals surface area contributed by atoms with E-state index in [1.807, 2.05) is 12.1 Å². The van der Waals surface area contributed by atoms with Crippen LogP contribution < -0.4 is 16.0 Å². The molecule has 11 heteroatoms. The zero-order valence-corrected chi connectivity index (χ0v) is 19.1. The molecule has 0 aromatic heterocycles. The average Bonchev–Trinajstić information content (AvgIpc) is 3.37. The number of carbonyl (C=O) groups excluding carboxylic acids is 2. The largest absolute Gasteiger partial charge is 0.441 e. The SMILES string of the molecule is CC(C)c1ccc(NC(=O)O[C@H]2CO[C@@H]3[C@@H]2OC[C@@H]3NC(=O)Nc2cccc(C(F)(F)F)c2)cc1. The van der Waals surface area contributed by atoms with E-state index in [4.69, 9.17) is 14.2 Å².